The number of rotatable bonds is 5. The summed E-state index contributed by atoms with van der Waals surface area (Å²) in [5.74, 6) is 0.274. The van der Waals surface area contributed by atoms with E-state index in [1.54, 1.807) is 0 Å². The molecule has 1 unspecified atom stereocenters. The molecule has 20 heavy (non-hydrogen) atoms. The smallest absolute Gasteiger partial charge is 0.272 e. The Morgan fingerprint density at radius 2 is 2.15 bits per heavy atom. The first-order valence-electron chi connectivity index (χ1n) is 6.91. The topological polar surface area (TPSA) is 83.8 Å². The van der Waals surface area contributed by atoms with Crippen molar-refractivity contribution >= 4 is 16.8 Å². The van der Waals surface area contributed by atoms with Gasteiger partial charge in [0.2, 0.25) is 0 Å². The van der Waals surface area contributed by atoms with Gasteiger partial charge in [-0.2, -0.15) is 5.10 Å². The van der Waals surface area contributed by atoms with E-state index >= 15 is 0 Å². The second-order valence-electron chi connectivity index (χ2n) is 5.93. The minimum Gasteiger partial charge on any atom is -0.344 e. The SMILES string of the molecule is CC(C)CC(C)(CN)NC(=O)c1n[nH]c2ccccc12. The van der Waals surface area contributed by atoms with E-state index in [0.29, 0.717) is 18.2 Å². The molecule has 0 fully saturated rings. The summed E-state index contributed by atoms with van der Waals surface area (Å²) in [6.45, 7) is 6.60. The summed E-state index contributed by atoms with van der Waals surface area (Å²) in [6, 6.07) is 7.58. The Balaban J connectivity index is 2.23. The predicted octanol–water partition coefficient (Wildman–Crippen LogP) is 2.06. The van der Waals surface area contributed by atoms with Crippen molar-refractivity contribution in [3.8, 4) is 0 Å². The fourth-order valence-electron chi connectivity index (χ4n) is 2.56. The first kappa shape index (κ1) is 14.5. The highest BCUT2D eigenvalue weighted by Gasteiger charge is 2.27. The lowest BCUT2D eigenvalue weighted by Crippen LogP contribution is -2.52. The average molecular weight is 274 g/mol. The number of amides is 1. The van der Waals surface area contributed by atoms with Crippen molar-refractivity contribution < 1.29 is 4.79 Å². The van der Waals surface area contributed by atoms with Crippen molar-refractivity contribution in [2.24, 2.45) is 11.7 Å². The largest absolute Gasteiger partial charge is 0.344 e. The standard InChI is InChI=1S/C15H22N4O/c1-10(2)8-15(3,9-16)17-14(20)13-11-6-4-5-7-12(11)18-19-13/h4-7,10H,8-9,16H2,1-3H3,(H,17,20)(H,18,19). The van der Waals surface area contributed by atoms with Gasteiger partial charge in [0, 0.05) is 11.9 Å². The molecule has 2 rings (SSSR count). The van der Waals surface area contributed by atoms with Crippen LogP contribution in [-0.4, -0.2) is 28.2 Å². The highest BCUT2D eigenvalue weighted by Crippen LogP contribution is 2.19. The third kappa shape index (κ3) is 2.99. The summed E-state index contributed by atoms with van der Waals surface area (Å²) in [5, 5.41) is 10.8. The van der Waals surface area contributed by atoms with E-state index in [2.05, 4.69) is 29.4 Å². The molecule has 1 aromatic heterocycles. The predicted molar refractivity (Wildman–Crippen MR) is 80.5 cm³/mol. The monoisotopic (exact) mass is 274 g/mol. The molecule has 1 aromatic carbocycles. The fourth-order valence-corrected chi connectivity index (χ4v) is 2.56. The van der Waals surface area contributed by atoms with Crippen molar-refractivity contribution in [2.45, 2.75) is 32.7 Å². The molecule has 0 saturated heterocycles. The molecule has 0 spiro atoms. The lowest BCUT2D eigenvalue weighted by molar-refractivity contribution is 0.0894. The van der Waals surface area contributed by atoms with Gasteiger partial charge < -0.3 is 11.1 Å². The molecule has 0 aliphatic carbocycles. The van der Waals surface area contributed by atoms with Crippen LogP contribution in [0.4, 0.5) is 0 Å². The highest BCUT2D eigenvalue weighted by molar-refractivity contribution is 6.04. The van der Waals surface area contributed by atoms with Gasteiger partial charge in [-0.1, -0.05) is 32.0 Å². The number of carbonyl (C=O) groups is 1. The minimum absolute atomic E-state index is 0.184. The van der Waals surface area contributed by atoms with Gasteiger partial charge in [0.05, 0.1) is 11.1 Å². The first-order chi connectivity index (χ1) is 9.45. The number of para-hydroxylation sites is 1. The van der Waals surface area contributed by atoms with E-state index in [1.807, 2.05) is 31.2 Å². The van der Waals surface area contributed by atoms with Crippen LogP contribution in [0.1, 0.15) is 37.7 Å². The van der Waals surface area contributed by atoms with E-state index in [-0.39, 0.29) is 5.91 Å². The van der Waals surface area contributed by atoms with Gasteiger partial charge in [-0.25, -0.2) is 0 Å². The Kier molecular flexibility index (Phi) is 4.09. The van der Waals surface area contributed by atoms with Crippen LogP contribution in [0.15, 0.2) is 24.3 Å². The number of H-pyrrole nitrogens is 1. The molecular weight excluding hydrogens is 252 g/mol. The first-order valence-corrected chi connectivity index (χ1v) is 6.91. The van der Waals surface area contributed by atoms with Crippen LogP contribution in [0.25, 0.3) is 10.9 Å². The van der Waals surface area contributed by atoms with E-state index in [0.717, 1.165) is 17.3 Å². The van der Waals surface area contributed by atoms with E-state index in [9.17, 15) is 4.79 Å². The molecule has 0 saturated carbocycles. The van der Waals surface area contributed by atoms with Gasteiger partial charge in [-0.3, -0.25) is 9.89 Å². The maximum atomic E-state index is 12.4. The lowest BCUT2D eigenvalue weighted by Gasteiger charge is -2.30. The number of nitrogens with one attached hydrogen (secondary N) is 2. The second kappa shape index (κ2) is 5.63. The van der Waals surface area contributed by atoms with Crippen molar-refractivity contribution in [3.63, 3.8) is 0 Å². The van der Waals surface area contributed by atoms with Gasteiger partial charge in [0.15, 0.2) is 5.69 Å². The summed E-state index contributed by atoms with van der Waals surface area (Å²) in [5.41, 5.74) is 6.69. The summed E-state index contributed by atoms with van der Waals surface area (Å²) in [4.78, 5) is 12.4. The van der Waals surface area contributed by atoms with Crippen LogP contribution < -0.4 is 11.1 Å². The van der Waals surface area contributed by atoms with Gasteiger partial charge in [0.25, 0.3) is 5.91 Å². The molecule has 0 aliphatic heterocycles. The number of nitrogens with two attached hydrogens (primary N) is 1. The van der Waals surface area contributed by atoms with Crippen LogP contribution in [0.3, 0.4) is 0 Å². The molecule has 5 nitrogen and oxygen atoms in total. The van der Waals surface area contributed by atoms with Crippen LogP contribution in [0.5, 0.6) is 0 Å². The molecule has 108 valence electrons. The number of hydrogen-bond acceptors (Lipinski definition) is 3. The zero-order valence-electron chi connectivity index (χ0n) is 12.2. The Morgan fingerprint density at radius 1 is 1.45 bits per heavy atom. The number of hydrogen-bond donors (Lipinski definition) is 3. The van der Waals surface area contributed by atoms with Crippen molar-refractivity contribution in [1.82, 2.24) is 15.5 Å². The lowest BCUT2D eigenvalue weighted by atomic mass is 9.90. The second-order valence-corrected chi connectivity index (χ2v) is 5.93. The maximum absolute atomic E-state index is 12.4. The van der Waals surface area contributed by atoms with Gasteiger partial charge in [-0.15, -0.1) is 0 Å². The van der Waals surface area contributed by atoms with Crippen LogP contribution in [0, 0.1) is 5.92 Å². The molecular formula is C15H22N4O. The normalized spacial score (nSPS) is 14.4. The van der Waals surface area contributed by atoms with Crippen molar-refractivity contribution in [3.05, 3.63) is 30.0 Å². The molecule has 5 heteroatoms. The molecule has 0 aliphatic rings. The molecule has 4 N–H and O–H groups in total. The maximum Gasteiger partial charge on any atom is 0.272 e. The Bertz CT molecular complexity index is 605. The molecule has 1 heterocycles. The van der Waals surface area contributed by atoms with E-state index < -0.39 is 5.54 Å². The van der Waals surface area contributed by atoms with Gasteiger partial charge in [-0.05, 0) is 25.3 Å². The quantitative estimate of drug-likeness (QED) is 0.780. The number of nitrogens with zero attached hydrogens (tertiary/aromatic N) is 1. The Morgan fingerprint density at radius 3 is 2.80 bits per heavy atom. The van der Waals surface area contributed by atoms with Gasteiger partial charge >= 0.3 is 0 Å². The summed E-state index contributed by atoms with van der Waals surface area (Å²) in [7, 11) is 0. The number of aromatic nitrogens is 2. The third-order valence-corrected chi connectivity index (χ3v) is 3.41. The van der Waals surface area contributed by atoms with E-state index in [4.69, 9.17) is 5.73 Å². The van der Waals surface area contributed by atoms with Gasteiger partial charge in [0.1, 0.15) is 0 Å². The average Bonchev–Trinajstić information content (AvgIpc) is 2.81. The number of aromatic amines is 1. The Hall–Kier alpha value is -1.88. The van der Waals surface area contributed by atoms with E-state index in [1.165, 1.54) is 0 Å². The zero-order chi connectivity index (χ0) is 14.8. The molecule has 1 atom stereocenters. The molecule has 0 radical (unpaired) electrons. The number of fused-ring (bicyclic) bond motifs is 1. The summed E-state index contributed by atoms with van der Waals surface area (Å²) >= 11 is 0. The Labute approximate surface area is 118 Å². The molecule has 0 bridgehead atoms. The minimum atomic E-state index is -0.411. The van der Waals surface area contributed by atoms with Crippen LogP contribution in [-0.2, 0) is 0 Å². The summed E-state index contributed by atoms with van der Waals surface area (Å²) in [6.07, 6.45) is 0.831. The molecule has 1 amide bonds. The van der Waals surface area contributed by atoms with Crippen molar-refractivity contribution in [1.29, 1.82) is 0 Å². The number of carbonyl (C=O) groups excluding carboxylic acids is 1. The highest BCUT2D eigenvalue weighted by atomic mass is 16.2. The van der Waals surface area contributed by atoms with Crippen molar-refractivity contribution in [2.75, 3.05) is 6.54 Å². The fraction of sp³-hybridized carbons (Fsp3) is 0.467. The van der Waals surface area contributed by atoms with Crippen LogP contribution in [0.2, 0.25) is 0 Å². The number of benzene rings is 1. The van der Waals surface area contributed by atoms with Crippen LogP contribution >= 0.6 is 0 Å². The third-order valence-electron chi connectivity index (χ3n) is 3.41. The zero-order valence-corrected chi connectivity index (χ0v) is 12.2. The molecule has 2 aromatic rings. The summed E-state index contributed by atoms with van der Waals surface area (Å²) < 4.78 is 0.